The van der Waals surface area contributed by atoms with E-state index >= 15 is 0 Å². The standard InChI is InChI=1S/C23H20O3/c1-16-20(15-26-23(16)18-8-10-21(24-2)11-9-18)14-25-22-12-7-17-5-3-4-6-19(17)13-22/h3-13,15H,14H2,1-2H3. The summed E-state index contributed by atoms with van der Waals surface area (Å²) in [4.78, 5) is 0. The van der Waals surface area contributed by atoms with Crippen LogP contribution in [0.2, 0.25) is 0 Å². The number of furan rings is 1. The van der Waals surface area contributed by atoms with Crippen molar-refractivity contribution >= 4 is 10.8 Å². The van der Waals surface area contributed by atoms with E-state index in [0.29, 0.717) is 6.61 Å². The topological polar surface area (TPSA) is 31.6 Å². The maximum atomic E-state index is 5.99. The second-order valence-corrected chi connectivity index (χ2v) is 6.24. The molecule has 3 nitrogen and oxygen atoms in total. The monoisotopic (exact) mass is 344 g/mol. The first-order chi connectivity index (χ1) is 12.7. The second-order valence-electron chi connectivity index (χ2n) is 6.24. The minimum absolute atomic E-state index is 0.476. The summed E-state index contributed by atoms with van der Waals surface area (Å²) in [7, 11) is 1.66. The number of fused-ring (bicyclic) bond motifs is 1. The Morgan fingerprint density at radius 2 is 1.58 bits per heavy atom. The molecular weight excluding hydrogens is 324 g/mol. The van der Waals surface area contributed by atoms with E-state index in [0.717, 1.165) is 33.9 Å². The Hall–Kier alpha value is -3.20. The molecule has 0 bridgehead atoms. The molecule has 1 aromatic heterocycles. The third kappa shape index (κ3) is 3.16. The highest BCUT2D eigenvalue weighted by Crippen LogP contribution is 2.30. The summed E-state index contributed by atoms with van der Waals surface area (Å²) in [6, 6.07) is 22.3. The van der Waals surface area contributed by atoms with Gasteiger partial charge in [0, 0.05) is 16.7 Å². The Kier molecular flexibility index (Phi) is 4.36. The fourth-order valence-electron chi connectivity index (χ4n) is 3.04. The first kappa shape index (κ1) is 16.3. The number of hydrogen-bond donors (Lipinski definition) is 0. The van der Waals surface area contributed by atoms with Crippen LogP contribution in [0, 0.1) is 6.92 Å². The minimum Gasteiger partial charge on any atom is -0.497 e. The van der Waals surface area contributed by atoms with Crippen LogP contribution < -0.4 is 9.47 Å². The van der Waals surface area contributed by atoms with E-state index in [1.165, 1.54) is 10.8 Å². The Balaban J connectivity index is 1.52. The summed E-state index contributed by atoms with van der Waals surface area (Å²) in [6.45, 7) is 2.53. The number of hydrogen-bond acceptors (Lipinski definition) is 3. The maximum absolute atomic E-state index is 5.99. The Labute approximate surface area is 152 Å². The van der Waals surface area contributed by atoms with Crippen LogP contribution in [0.5, 0.6) is 11.5 Å². The predicted molar refractivity (Wildman–Crippen MR) is 104 cm³/mol. The maximum Gasteiger partial charge on any atom is 0.137 e. The lowest BCUT2D eigenvalue weighted by Gasteiger charge is -2.07. The zero-order valence-electron chi connectivity index (χ0n) is 14.9. The van der Waals surface area contributed by atoms with Crippen LogP contribution in [0.15, 0.2) is 77.4 Å². The van der Waals surface area contributed by atoms with Crippen LogP contribution in [-0.2, 0) is 6.61 Å². The van der Waals surface area contributed by atoms with Gasteiger partial charge in [-0.25, -0.2) is 0 Å². The molecule has 3 aromatic carbocycles. The van der Waals surface area contributed by atoms with E-state index < -0.39 is 0 Å². The zero-order chi connectivity index (χ0) is 17.9. The number of benzene rings is 3. The van der Waals surface area contributed by atoms with E-state index in [4.69, 9.17) is 13.9 Å². The van der Waals surface area contributed by atoms with E-state index in [2.05, 4.69) is 31.2 Å². The summed E-state index contributed by atoms with van der Waals surface area (Å²) in [5.74, 6) is 2.55. The fourth-order valence-corrected chi connectivity index (χ4v) is 3.04. The van der Waals surface area contributed by atoms with Gasteiger partial charge in [-0.2, -0.15) is 0 Å². The average Bonchev–Trinajstić information content (AvgIpc) is 3.06. The summed E-state index contributed by atoms with van der Waals surface area (Å²) < 4.78 is 17.0. The molecule has 3 heteroatoms. The molecule has 0 radical (unpaired) electrons. The molecule has 0 saturated heterocycles. The lowest BCUT2D eigenvalue weighted by atomic mass is 10.1. The molecule has 4 rings (SSSR count). The Bertz CT molecular complexity index is 1030. The van der Waals surface area contributed by atoms with E-state index in [9.17, 15) is 0 Å². The van der Waals surface area contributed by atoms with Crippen molar-refractivity contribution in [3.63, 3.8) is 0 Å². The van der Waals surface area contributed by atoms with Gasteiger partial charge >= 0.3 is 0 Å². The van der Waals surface area contributed by atoms with Crippen molar-refractivity contribution in [3.05, 3.63) is 84.1 Å². The molecule has 0 aliphatic heterocycles. The Morgan fingerprint density at radius 3 is 2.35 bits per heavy atom. The van der Waals surface area contributed by atoms with Crippen molar-refractivity contribution in [2.75, 3.05) is 7.11 Å². The molecule has 26 heavy (non-hydrogen) atoms. The molecule has 130 valence electrons. The van der Waals surface area contributed by atoms with Gasteiger partial charge < -0.3 is 13.9 Å². The molecule has 0 spiro atoms. The third-order valence-corrected chi connectivity index (χ3v) is 4.61. The molecule has 0 aliphatic rings. The highest BCUT2D eigenvalue weighted by Gasteiger charge is 2.12. The normalized spacial score (nSPS) is 10.8. The van der Waals surface area contributed by atoms with Crippen molar-refractivity contribution in [2.24, 2.45) is 0 Å². The summed E-state index contributed by atoms with van der Waals surface area (Å²) >= 11 is 0. The largest absolute Gasteiger partial charge is 0.497 e. The van der Waals surface area contributed by atoms with Crippen LogP contribution >= 0.6 is 0 Å². The molecule has 0 atom stereocenters. The van der Waals surface area contributed by atoms with Crippen molar-refractivity contribution in [3.8, 4) is 22.8 Å². The van der Waals surface area contributed by atoms with Crippen LogP contribution in [-0.4, -0.2) is 7.11 Å². The third-order valence-electron chi connectivity index (χ3n) is 4.61. The van der Waals surface area contributed by atoms with Gasteiger partial charge in [-0.1, -0.05) is 30.3 Å². The summed E-state index contributed by atoms with van der Waals surface area (Å²) in [5, 5.41) is 2.38. The smallest absolute Gasteiger partial charge is 0.137 e. The highest BCUT2D eigenvalue weighted by atomic mass is 16.5. The zero-order valence-corrected chi connectivity index (χ0v) is 14.9. The molecule has 0 fully saturated rings. The molecule has 1 heterocycles. The molecule has 0 aliphatic carbocycles. The van der Waals surface area contributed by atoms with Crippen LogP contribution in [0.25, 0.3) is 22.1 Å². The fraction of sp³-hybridized carbons (Fsp3) is 0.130. The minimum atomic E-state index is 0.476. The van der Waals surface area contributed by atoms with Crippen molar-refractivity contribution < 1.29 is 13.9 Å². The van der Waals surface area contributed by atoms with Gasteiger partial charge in [-0.05, 0) is 54.1 Å². The lowest BCUT2D eigenvalue weighted by molar-refractivity contribution is 0.304. The van der Waals surface area contributed by atoms with Gasteiger partial charge in [0.15, 0.2) is 0 Å². The van der Waals surface area contributed by atoms with Crippen molar-refractivity contribution in [2.45, 2.75) is 13.5 Å². The molecule has 0 unspecified atom stereocenters. The average molecular weight is 344 g/mol. The molecule has 0 amide bonds. The Morgan fingerprint density at radius 1 is 0.846 bits per heavy atom. The van der Waals surface area contributed by atoms with Gasteiger partial charge in [-0.15, -0.1) is 0 Å². The van der Waals surface area contributed by atoms with Gasteiger partial charge in [0.25, 0.3) is 0 Å². The van der Waals surface area contributed by atoms with Crippen LogP contribution in [0.4, 0.5) is 0 Å². The number of rotatable bonds is 5. The van der Waals surface area contributed by atoms with Gasteiger partial charge in [0.1, 0.15) is 23.9 Å². The van der Waals surface area contributed by atoms with Crippen LogP contribution in [0.3, 0.4) is 0 Å². The van der Waals surface area contributed by atoms with Gasteiger partial charge in [-0.3, -0.25) is 0 Å². The SMILES string of the molecule is COc1ccc(-c2occ(COc3ccc4ccccc4c3)c2C)cc1. The highest BCUT2D eigenvalue weighted by molar-refractivity contribution is 5.83. The first-order valence-corrected chi connectivity index (χ1v) is 8.57. The van der Waals surface area contributed by atoms with Gasteiger partial charge in [0.2, 0.25) is 0 Å². The molecule has 0 N–H and O–H groups in total. The number of methoxy groups -OCH3 is 1. The summed E-state index contributed by atoms with van der Waals surface area (Å²) in [6.07, 6.45) is 1.77. The van der Waals surface area contributed by atoms with Crippen LogP contribution in [0.1, 0.15) is 11.1 Å². The first-order valence-electron chi connectivity index (χ1n) is 8.57. The van der Waals surface area contributed by atoms with Gasteiger partial charge in [0.05, 0.1) is 13.4 Å². The van der Waals surface area contributed by atoms with E-state index in [1.807, 2.05) is 42.5 Å². The van der Waals surface area contributed by atoms with Crippen molar-refractivity contribution in [1.29, 1.82) is 0 Å². The predicted octanol–water partition coefficient (Wildman–Crippen LogP) is 6.00. The second kappa shape index (κ2) is 6.96. The molecular formula is C23H20O3. The quantitative estimate of drug-likeness (QED) is 0.445. The lowest BCUT2D eigenvalue weighted by Crippen LogP contribution is -1.96. The van der Waals surface area contributed by atoms with Crippen molar-refractivity contribution in [1.82, 2.24) is 0 Å². The molecule has 4 aromatic rings. The van der Waals surface area contributed by atoms with E-state index in [-0.39, 0.29) is 0 Å². The van der Waals surface area contributed by atoms with E-state index in [1.54, 1.807) is 13.4 Å². The molecule has 0 saturated carbocycles. The summed E-state index contributed by atoms with van der Waals surface area (Å²) in [5.41, 5.74) is 3.17. The number of ether oxygens (including phenoxy) is 2.